The largest absolute Gasteiger partial charge is 0.464 e. The quantitative estimate of drug-likeness (QED) is 0.681. The standard InChI is InChI=1S/C7H11NO2/c1-6-2-3-7(10-6)9-5-4-8/h2-3H,4-5,8H2,1H3. The molecule has 1 aromatic rings. The predicted octanol–water partition coefficient (Wildman–Crippen LogP) is 0.926. The van der Waals surface area contributed by atoms with Crippen LogP contribution in [0, 0.1) is 6.92 Å². The fraction of sp³-hybridized carbons (Fsp3) is 0.429. The maximum Gasteiger partial charge on any atom is 0.284 e. The lowest BCUT2D eigenvalue weighted by Crippen LogP contribution is -2.10. The van der Waals surface area contributed by atoms with E-state index in [0.29, 0.717) is 19.1 Å². The zero-order chi connectivity index (χ0) is 7.40. The van der Waals surface area contributed by atoms with Crippen LogP contribution < -0.4 is 10.5 Å². The Kier molecular flexibility index (Phi) is 2.34. The zero-order valence-corrected chi connectivity index (χ0v) is 5.96. The van der Waals surface area contributed by atoms with Gasteiger partial charge in [-0.25, -0.2) is 0 Å². The molecule has 0 aliphatic carbocycles. The SMILES string of the molecule is Cc1ccc(OCCN)o1. The fourth-order valence-electron chi connectivity index (χ4n) is 0.649. The molecule has 0 amide bonds. The first-order chi connectivity index (χ1) is 4.83. The third-order valence-electron chi connectivity index (χ3n) is 1.08. The number of hydrogen-bond acceptors (Lipinski definition) is 3. The number of rotatable bonds is 3. The second-order valence-electron chi connectivity index (χ2n) is 2.00. The summed E-state index contributed by atoms with van der Waals surface area (Å²) in [5, 5.41) is 0. The Balaban J connectivity index is 2.42. The van der Waals surface area contributed by atoms with Crippen molar-refractivity contribution in [3.8, 4) is 5.95 Å². The highest BCUT2D eigenvalue weighted by atomic mass is 16.6. The van der Waals surface area contributed by atoms with Crippen molar-refractivity contribution in [1.29, 1.82) is 0 Å². The molecule has 1 heterocycles. The van der Waals surface area contributed by atoms with E-state index in [9.17, 15) is 0 Å². The van der Waals surface area contributed by atoms with Gasteiger partial charge >= 0.3 is 0 Å². The third-order valence-corrected chi connectivity index (χ3v) is 1.08. The molecule has 0 atom stereocenters. The van der Waals surface area contributed by atoms with Gasteiger partial charge in [0.15, 0.2) is 0 Å². The predicted molar refractivity (Wildman–Crippen MR) is 38.0 cm³/mol. The van der Waals surface area contributed by atoms with Crippen molar-refractivity contribution in [2.45, 2.75) is 6.92 Å². The summed E-state index contributed by atoms with van der Waals surface area (Å²) in [6, 6.07) is 3.64. The second-order valence-corrected chi connectivity index (χ2v) is 2.00. The van der Waals surface area contributed by atoms with E-state index in [0.717, 1.165) is 5.76 Å². The number of furan rings is 1. The molecule has 0 aromatic carbocycles. The van der Waals surface area contributed by atoms with Crippen molar-refractivity contribution in [2.75, 3.05) is 13.2 Å². The van der Waals surface area contributed by atoms with E-state index in [2.05, 4.69) is 0 Å². The van der Waals surface area contributed by atoms with Gasteiger partial charge in [0.25, 0.3) is 5.95 Å². The first-order valence-corrected chi connectivity index (χ1v) is 3.22. The first kappa shape index (κ1) is 7.15. The van der Waals surface area contributed by atoms with Crippen molar-refractivity contribution in [2.24, 2.45) is 5.73 Å². The average molecular weight is 141 g/mol. The molecule has 0 saturated heterocycles. The van der Waals surface area contributed by atoms with Gasteiger partial charge in [-0.3, -0.25) is 0 Å². The molecule has 56 valence electrons. The molecule has 0 fully saturated rings. The van der Waals surface area contributed by atoms with Gasteiger partial charge in [0.2, 0.25) is 0 Å². The third kappa shape index (κ3) is 1.77. The molecule has 3 heteroatoms. The molecule has 0 unspecified atom stereocenters. The van der Waals surface area contributed by atoms with Crippen LogP contribution in [0.5, 0.6) is 5.95 Å². The van der Waals surface area contributed by atoms with Crippen LogP contribution in [0.15, 0.2) is 16.5 Å². The van der Waals surface area contributed by atoms with Gasteiger partial charge in [0.05, 0.1) is 0 Å². The highest BCUT2D eigenvalue weighted by Crippen LogP contribution is 2.13. The molecule has 1 rings (SSSR count). The van der Waals surface area contributed by atoms with E-state index in [1.807, 2.05) is 13.0 Å². The van der Waals surface area contributed by atoms with Gasteiger partial charge < -0.3 is 14.9 Å². The number of aryl methyl sites for hydroxylation is 1. The minimum absolute atomic E-state index is 0.507. The molecule has 0 spiro atoms. The Bertz CT molecular complexity index is 195. The number of nitrogens with two attached hydrogens (primary N) is 1. The van der Waals surface area contributed by atoms with Crippen molar-refractivity contribution in [1.82, 2.24) is 0 Å². The molecular weight excluding hydrogens is 130 g/mol. The maximum atomic E-state index is 5.22. The van der Waals surface area contributed by atoms with Crippen molar-refractivity contribution >= 4 is 0 Å². The summed E-state index contributed by atoms with van der Waals surface area (Å²) in [5.74, 6) is 1.40. The van der Waals surface area contributed by atoms with Gasteiger partial charge in [-0.1, -0.05) is 0 Å². The van der Waals surface area contributed by atoms with E-state index >= 15 is 0 Å². The Morgan fingerprint density at radius 1 is 1.60 bits per heavy atom. The smallest absolute Gasteiger partial charge is 0.284 e. The fourth-order valence-corrected chi connectivity index (χ4v) is 0.649. The van der Waals surface area contributed by atoms with Crippen LogP contribution in [0.4, 0.5) is 0 Å². The Hall–Kier alpha value is -0.960. The minimum atomic E-state index is 0.507. The van der Waals surface area contributed by atoms with Gasteiger partial charge in [0, 0.05) is 12.6 Å². The van der Waals surface area contributed by atoms with Gasteiger partial charge in [-0.2, -0.15) is 0 Å². The summed E-state index contributed by atoms with van der Waals surface area (Å²) in [5.41, 5.74) is 5.22. The summed E-state index contributed by atoms with van der Waals surface area (Å²) < 4.78 is 10.2. The van der Waals surface area contributed by atoms with E-state index in [-0.39, 0.29) is 0 Å². The summed E-state index contributed by atoms with van der Waals surface area (Å²) in [4.78, 5) is 0. The van der Waals surface area contributed by atoms with E-state index in [1.165, 1.54) is 0 Å². The van der Waals surface area contributed by atoms with Crippen LogP contribution in [0.3, 0.4) is 0 Å². The van der Waals surface area contributed by atoms with Crippen LogP contribution in [-0.2, 0) is 0 Å². The van der Waals surface area contributed by atoms with E-state index in [1.54, 1.807) is 6.07 Å². The lowest BCUT2D eigenvalue weighted by molar-refractivity contribution is 0.246. The van der Waals surface area contributed by atoms with Crippen LogP contribution in [-0.4, -0.2) is 13.2 Å². The van der Waals surface area contributed by atoms with Crippen molar-refractivity contribution in [3.05, 3.63) is 17.9 Å². The molecule has 0 saturated carbocycles. The summed E-state index contributed by atoms with van der Waals surface area (Å²) in [7, 11) is 0. The molecule has 0 bridgehead atoms. The summed E-state index contributed by atoms with van der Waals surface area (Å²) >= 11 is 0. The molecule has 10 heavy (non-hydrogen) atoms. The Labute approximate surface area is 59.8 Å². The molecule has 2 N–H and O–H groups in total. The monoisotopic (exact) mass is 141 g/mol. The lowest BCUT2D eigenvalue weighted by Gasteiger charge is -1.97. The Morgan fingerprint density at radius 2 is 2.40 bits per heavy atom. The van der Waals surface area contributed by atoms with Crippen molar-refractivity contribution < 1.29 is 9.15 Å². The van der Waals surface area contributed by atoms with E-state index < -0.39 is 0 Å². The molecular formula is C7H11NO2. The number of ether oxygens (including phenoxy) is 1. The zero-order valence-electron chi connectivity index (χ0n) is 5.96. The molecule has 0 radical (unpaired) electrons. The second kappa shape index (κ2) is 3.27. The Morgan fingerprint density at radius 3 is 2.90 bits per heavy atom. The topological polar surface area (TPSA) is 48.4 Å². The summed E-state index contributed by atoms with van der Waals surface area (Å²) in [6.45, 7) is 2.89. The lowest BCUT2D eigenvalue weighted by atomic mass is 10.5. The van der Waals surface area contributed by atoms with Crippen LogP contribution in [0.2, 0.25) is 0 Å². The molecule has 1 aromatic heterocycles. The highest BCUT2D eigenvalue weighted by Gasteiger charge is 1.95. The molecule has 0 aliphatic heterocycles. The first-order valence-electron chi connectivity index (χ1n) is 3.22. The van der Waals surface area contributed by atoms with Gasteiger partial charge in [-0.15, -0.1) is 0 Å². The average Bonchev–Trinajstić information content (AvgIpc) is 2.31. The van der Waals surface area contributed by atoms with Gasteiger partial charge in [-0.05, 0) is 13.0 Å². The van der Waals surface area contributed by atoms with E-state index in [4.69, 9.17) is 14.9 Å². The number of hydrogen-bond donors (Lipinski definition) is 1. The summed E-state index contributed by atoms with van der Waals surface area (Å²) in [6.07, 6.45) is 0. The van der Waals surface area contributed by atoms with Gasteiger partial charge in [0.1, 0.15) is 12.4 Å². The van der Waals surface area contributed by atoms with Crippen LogP contribution >= 0.6 is 0 Å². The molecule has 3 nitrogen and oxygen atoms in total. The van der Waals surface area contributed by atoms with Crippen LogP contribution in [0.25, 0.3) is 0 Å². The molecule has 0 aliphatic rings. The van der Waals surface area contributed by atoms with Crippen LogP contribution in [0.1, 0.15) is 5.76 Å². The maximum absolute atomic E-state index is 5.22. The normalized spacial score (nSPS) is 9.80. The van der Waals surface area contributed by atoms with Crippen molar-refractivity contribution in [3.63, 3.8) is 0 Å². The highest BCUT2D eigenvalue weighted by molar-refractivity contribution is 5.10. The minimum Gasteiger partial charge on any atom is -0.464 e.